The molecule has 0 radical (unpaired) electrons. The van der Waals surface area contributed by atoms with E-state index in [2.05, 4.69) is 30.8 Å². The second-order valence-corrected chi connectivity index (χ2v) is 12.8. The third-order valence-corrected chi connectivity index (χ3v) is 7.50. The Morgan fingerprint density at radius 3 is 2.41 bits per heavy atom. The lowest BCUT2D eigenvalue weighted by Crippen LogP contribution is -2.49. The Labute approximate surface area is 271 Å². The largest absolute Gasteiger partial charge is 0.852 e. The molecule has 246 valence electrons. The molecule has 1 aliphatic rings. The molecule has 1 unspecified atom stereocenters. The van der Waals surface area contributed by atoms with Crippen LogP contribution in [0.3, 0.4) is 0 Å². The highest BCUT2D eigenvalue weighted by molar-refractivity contribution is 7.84. The highest BCUT2D eigenvalue weighted by Crippen LogP contribution is 2.26. The van der Waals surface area contributed by atoms with Crippen LogP contribution in [-0.2, 0) is 20.3 Å². The summed E-state index contributed by atoms with van der Waals surface area (Å²) in [6.07, 6.45) is 6.02. The zero-order valence-corrected chi connectivity index (χ0v) is 27.3. The Morgan fingerprint density at radius 2 is 1.74 bits per heavy atom. The molecule has 2 aromatic carbocycles. The van der Waals surface area contributed by atoms with Gasteiger partial charge in [-0.3, -0.25) is 13.9 Å². The van der Waals surface area contributed by atoms with Crippen LogP contribution < -0.4 is 25.8 Å². The van der Waals surface area contributed by atoms with E-state index in [4.69, 9.17) is 9.47 Å². The summed E-state index contributed by atoms with van der Waals surface area (Å²) in [7, 11) is -1.37. The van der Waals surface area contributed by atoms with Crippen molar-refractivity contribution in [1.29, 1.82) is 0 Å². The van der Waals surface area contributed by atoms with E-state index in [0.717, 1.165) is 0 Å². The fourth-order valence-electron chi connectivity index (χ4n) is 4.40. The van der Waals surface area contributed by atoms with E-state index in [0.29, 0.717) is 66.2 Å². The second kappa shape index (κ2) is 16.2. The second-order valence-electron chi connectivity index (χ2n) is 11.4. The topological polar surface area (TPSA) is 161 Å². The minimum atomic E-state index is -1.37. The molecule has 1 atom stereocenters. The summed E-state index contributed by atoms with van der Waals surface area (Å²) in [6.45, 7) is 8.42. The van der Waals surface area contributed by atoms with Gasteiger partial charge >= 0.3 is 6.09 Å². The van der Waals surface area contributed by atoms with Gasteiger partial charge in [0.2, 0.25) is 11.9 Å². The Morgan fingerprint density at radius 1 is 1.02 bits per heavy atom. The lowest BCUT2D eigenvalue weighted by Gasteiger charge is -2.35. The summed E-state index contributed by atoms with van der Waals surface area (Å²) < 4.78 is 23.2. The maximum atomic E-state index is 12.6. The monoisotopic (exact) mass is 650 g/mol. The van der Waals surface area contributed by atoms with Crippen LogP contribution in [0.5, 0.6) is 5.75 Å². The van der Waals surface area contributed by atoms with Gasteiger partial charge in [0.1, 0.15) is 11.4 Å². The van der Waals surface area contributed by atoms with Crippen LogP contribution in [-0.4, -0.2) is 93.8 Å². The molecule has 1 aromatic heterocycles. The van der Waals surface area contributed by atoms with Gasteiger partial charge in [-0.15, -0.1) is 6.61 Å². The number of hydrogen-bond acceptors (Lipinski definition) is 11. The third kappa shape index (κ3) is 10.8. The zero-order chi connectivity index (χ0) is 33.1. The standard InChI is InChI=1S/C32H40N7O6S/c1-32(2,3)45-31(42)39-17-15-38(16-18-39)14-6-9-28(41)34-24-7-5-8-25(21-24)35-29-27(46(4)43)22-33-30(37-29)36-23-10-12-26(13-11-23)44-20-19-40/h5-13,21-22H,14-20H2,1-4H3,(H,34,41)(H2,33,35,36,37)/q-1/b9-6+. The molecule has 1 fully saturated rings. The van der Waals surface area contributed by atoms with E-state index < -0.39 is 16.4 Å². The molecule has 4 rings (SSSR count). The van der Waals surface area contributed by atoms with Crippen molar-refractivity contribution < 1.29 is 28.4 Å². The normalized spacial score (nSPS) is 14.5. The van der Waals surface area contributed by atoms with Crippen molar-refractivity contribution in [3.05, 3.63) is 66.9 Å². The Hall–Kier alpha value is -4.53. The van der Waals surface area contributed by atoms with E-state index in [-0.39, 0.29) is 31.2 Å². The molecule has 14 heteroatoms. The molecule has 2 heterocycles. The maximum Gasteiger partial charge on any atom is 0.410 e. The first-order valence-corrected chi connectivity index (χ1v) is 16.4. The molecule has 0 aliphatic carbocycles. The number of benzene rings is 2. The van der Waals surface area contributed by atoms with Crippen LogP contribution in [0.1, 0.15) is 20.8 Å². The summed E-state index contributed by atoms with van der Waals surface area (Å²) in [5.41, 5.74) is 1.37. The van der Waals surface area contributed by atoms with Gasteiger partial charge in [-0.05, 0) is 63.2 Å². The van der Waals surface area contributed by atoms with Crippen molar-refractivity contribution in [3.63, 3.8) is 0 Å². The van der Waals surface area contributed by atoms with Crippen molar-refractivity contribution >= 4 is 51.6 Å². The molecule has 46 heavy (non-hydrogen) atoms. The third-order valence-electron chi connectivity index (χ3n) is 6.58. The number of piperazine rings is 1. The Kier molecular flexibility index (Phi) is 12.1. The number of rotatable bonds is 12. The summed E-state index contributed by atoms with van der Waals surface area (Å²) >= 11 is 0. The quantitative estimate of drug-likeness (QED) is 0.246. The average molecular weight is 651 g/mol. The minimum Gasteiger partial charge on any atom is -0.852 e. The van der Waals surface area contributed by atoms with Crippen molar-refractivity contribution in [2.75, 3.05) is 68.1 Å². The number of carbonyl (C=O) groups excluding carboxylic acids is 2. The Bertz CT molecular complexity index is 1540. The fourth-order valence-corrected chi connectivity index (χ4v) is 4.97. The van der Waals surface area contributed by atoms with Crippen LogP contribution in [0.4, 0.5) is 33.6 Å². The van der Waals surface area contributed by atoms with E-state index in [9.17, 15) is 18.9 Å². The van der Waals surface area contributed by atoms with Crippen molar-refractivity contribution in [2.24, 2.45) is 0 Å². The van der Waals surface area contributed by atoms with E-state index in [1.54, 1.807) is 65.8 Å². The molecule has 1 aliphatic heterocycles. The molecule has 1 saturated heterocycles. The van der Waals surface area contributed by atoms with Gasteiger partial charge in [-0.1, -0.05) is 12.1 Å². The molecule has 13 nitrogen and oxygen atoms in total. The molecule has 0 bridgehead atoms. The number of amides is 2. The SMILES string of the molecule is CS(=O)c1cnc(Nc2ccc(OCC[O-])cc2)nc1Nc1cccc(NC(=O)/C=C/CN2CCN(C(=O)OC(C)(C)C)CC2)c1. The van der Waals surface area contributed by atoms with Gasteiger partial charge in [0.15, 0.2) is 5.82 Å². The molecular formula is C32H40N7O6S-. The zero-order valence-electron chi connectivity index (χ0n) is 26.4. The molecule has 0 saturated carbocycles. The minimum absolute atomic E-state index is 0.0970. The lowest BCUT2D eigenvalue weighted by molar-refractivity contribution is -0.370. The van der Waals surface area contributed by atoms with Crippen LogP contribution in [0.2, 0.25) is 0 Å². The van der Waals surface area contributed by atoms with E-state index in [1.165, 1.54) is 12.3 Å². The predicted octanol–water partition coefficient (Wildman–Crippen LogP) is 3.49. The number of ether oxygens (including phenoxy) is 2. The first-order valence-electron chi connectivity index (χ1n) is 14.8. The van der Waals surface area contributed by atoms with Crippen LogP contribution in [0.25, 0.3) is 0 Å². The van der Waals surface area contributed by atoms with Crippen LogP contribution in [0, 0.1) is 0 Å². The predicted molar refractivity (Wildman–Crippen MR) is 176 cm³/mol. The number of nitrogens with zero attached hydrogens (tertiary/aromatic N) is 4. The van der Waals surface area contributed by atoms with Gasteiger partial charge in [0.25, 0.3) is 0 Å². The van der Waals surface area contributed by atoms with Gasteiger partial charge < -0.3 is 35.4 Å². The fraction of sp³-hybridized carbons (Fsp3) is 0.375. The van der Waals surface area contributed by atoms with Crippen molar-refractivity contribution in [3.8, 4) is 5.75 Å². The number of anilines is 5. The van der Waals surface area contributed by atoms with Gasteiger partial charge in [-0.2, -0.15) is 4.98 Å². The van der Waals surface area contributed by atoms with Crippen molar-refractivity contribution in [1.82, 2.24) is 19.8 Å². The highest BCUT2D eigenvalue weighted by atomic mass is 32.2. The number of nitrogens with one attached hydrogen (secondary N) is 3. The number of hydrogen-bond donors (Lipinski definition) is 3. The van der Waals surface area contributed by atoms with Gasteiger partial charge in [0.05, 0.1) is 28.5 Å². The maximum absolute atomic E-state index is 12.6. The summed E-state index contributed by atoms with van der Waals surface area (Å²) in [5, 5.41) is 19.8. The first kappa shape index (κ1) is 34.3. The van der Waals surface area contributed by atoms with Gasteiger partial charge in [-0.25, -0.2) is 9.78 Å². The van der Waals surface area contributed by atoms with Crippen molar-refractivity contribution in [2.45, 2.75) is 31.3 Å². The average Bonchev–Trinajstić information content (AvgIpc) is 3.00. The summed E-state index contributed by atoms with van der Waals surface area (Å²) in [5.74, 6) is 0.937. The molecule has 0 spiro atoms. The molecule has 3 N–H and O–H groups in total. The summed E-state index contributed by atoms with van der Waals surface area (Å²) in [4.78, 5) is 38.0. The van der Waals surface area contributed by atoms with Gasteiger partial charge in [0, 0.05) is 62.1 Å². The molecule has 3 aromatic rings. The number of carbonyl (C=O) groups is 2. The van der Waals surface area contributed by atoms with Crippen LogP contribution in [0.15, 0.2) is 71.8 Å². The summed E-state index contributed by atoms with van der Waals surface area (Å²) in [6, 6.07) is 14.1. The van der Waals surface area contributed by atoms with E-state index >= 15 is 0 Å². The first-order chi connectivity index (χ1) is 22.0. The lowest BCUT2D eigenvalue weighted by atomic mass is 10.2. The molecule has 2 amide bonds. The Balaban J connectivity index is 1.32. The number of aromatic nitrogens is 2. The van der Waals surface area contributed by atoms with E-state index in [1.807, 2.05) is 20.8 Å². The van der Waals surface area contributed by atoms with Crippen LogP contribution >= 0.6 is 0 Å². The smallest absolute Gasteiger partial charge is 0.410 e. The highest BCUT2D eigenvalue weighted by Gasteiger charge is 2.25. The molecular weight excluding hydrogens is 610 g/mol.